The summed E-state index contributed by atoms with van der Waals surface area (Å²) in [5.41, 5.74) is 0.439. The molecular weight excluding hydrogens is 320 g/mol. The number of carbonyl (C=O) groups is 2. The Morgan fingerprint density at radius 2 is 2.16 bits per heavy atom. The van der Waals surface area contributed by atoms with Gasteiger partial charge in [-0.3, -0.25) is 9.59 Å². The van der Waals surface area contributed by atoms with Crippen LogP contribution in [0.15, 0.2) is 30.7 Å². The minimum atomic E-state index is -0.231. The maximum atomic E-state index is 12.9. The maximum Gasteiger partial charge on any atom is 0.259 e. The molecule has 1 amide bonds. The van der Waals surface area contributed by atoms with Crippen LogP contribution in [0.5, 0.6) is 5.88 Å². The van der Waals surface area contributed by atoms with Gasteiger partial charge in [0.25, 0.3) is 5.91 Å². The Bertz CT molecular complexity index is 771. The molecule has 25 heavy (non-hydrogen) atoms. The van der Waals surface area contributed by atoms with E-state index in [0.717, 1.165) is 12.8 Å². The summed E-state index contributed by atoms with van der Waals surface area (Å²) in [6.45, 7) is 3.32. The van der Waals surface area contributed by atoms with E-state index in [0.29, 0.717) is 37.0 Å². The van der Waals surface area contributed by atoms with Crippen molar-refractivity contribution < 1.29 is 14.3 Å². The molecule has 0 N–H and O–H groups in total. The predicted molar refractivity (Wildman–Crippen MR) is 91.6 cm³/mol. The number of nitrogens with zero attached hydrogens (tertiary/aromatic N) is 4. The van der Waals surface area contributed by atoms with Crippen molar-refractivity contribution in [2.75, 3.05) is 19.7 Å². The van der Waals surface area contributed by atoms with Crippen molar-refractivity contribution in [3.05, 3.63) is 42.1 Å². The third kappa shape index (κ3) is 3.55. The van der Waals surface area contributed by atoms with Crippen molar-refractivity contribution >= 4 is 11.7 Å². The highest BCUT2D eigenvalue weighted by Crippen LogP contribution is 2.24. The summed E-state index contributed by atoms with van der Waals surface area (Å²) in [5.74, 6) is 0.393. The molecule has 3 rings (SSSR count). The van der Waals surface area contributed by atoms with Crippen LogP contribution in [-0.4, -0.2) is 50.8 Å². The molecule has 1 aliphatic heterocycles. The Kier molecular flexibility index (Phi) is 5.11. The van der Waals surface area contributed by atoms with Crippen molar-refractivity contribution in [3.8, 4) is 5.88 Å². The van der Waals surface area contributed by atoms with Crippen LogP contribution < -0.4 is 4.74 Å². The van der Waals surface area contributed by atoms with Crippen LogP contribution in [0.4, 0.5) is 0 Å². The minimum absolute atomic E-state index is 0.0128. The average Bonchev–Trinajstić information content (AvgIpc) is 3.07. The zero-order valence-corrected chi connectivity index (χ0v) is 14.5. The van der Waals surface area contributed by atoms with E-state index in [-0.39, 0.29) is 17.6 Å². The van der Waals surface area contributed by atoms with E-state index in [4.69, 9.17) is 4.74 Å². The molecule has 2 aromatic heterocycles. The molecule has 0 saturated carbocycles. The number of rotatable bonds is 5. The Labute approximate surface area is 146 Å². The number of ether oxygens (including phenoxy) is 1. The van der Waals surface area contributed by atoms with E-state index < -0.39 is 0 Å². The van der Waals surface area contributed by atoms with E-state index >= 15 is 0 Å². The molecule has 1 saturated heterocycles. The van der Waals surface area contributed by atoms with Crippen LogP contribution >= 0.6 is 0 Å². The van der Waals surface area contributed by atoms with Gasteiger partial charge in [-0.05, 0) is 31.9 Å². The Morgan fingerprint density at radius 1 is 1.32 bits per heavy atom. The lowest BCUT2D eigenvalue weighted by Crippen LogP contribution is -2.43. The van der Waals surface area contributed by atoms with Crippen LogP contribution in [0.25, 0.3) is 0 Å². The number of ketones is 1. The molecule has 1 aliphatic rings. The normalized spacial score (nSPS) is 17.4. The fraction of sp³-hybridized carbons (Fsp3) is 0.444. The smallest absolute Gasteiger partial charge is 0.259 e. The van der Waals surface area contributed by atoms with E-state index in [1.807, 2.05) is 6.92 Å². The number of piperidine rings is 1. The fourth-order valence-electron chi connectivity index (χ4n) is 3.14. The van der Waals surface area contributed by atoms with Gasteiger partial charge in [0.2, 0.25) is 11.7 Å². The van der Waals surface area contributed by atoms with Gasteiger partial charge in [0.05, 0.1) is 6.61 Å². The maximum absolute atomic E-state index is 12.9. The van der Waals surface area contributed by atoms with E-state index in [2.05, 4.69) is 9.97 Å². The molecule has 0 bridgehead atoms. The Balaban J connectivity index is 1.76. The van der Waals surface area contributed by atoms with Crippen LogP contribution in [-0.2, 0) is 7.05 Å². The monoisotopic (exact) mass is 342 g/mol. The highest BCUT2D eigenvalue weighted by molar-refractivity contribution is 5.98. The zero-order chi connectivity index (χ0) is 17.8. The lowest BCUT2D eigenvalue weighted by molar-refractivity contribution is 0.0629. The van der Waals surface area contributed by atoms with E-state index in [1.165, 1.54) is 0 Å². The molecule has 1 fully saturated rings. The van der Waals surface area contributed by atoms with Crippen LogP contribution in [0, 0.1) is 5.92 Å². The van der Waals surface area contributed by atoms with E-state index in [1.54, 1.807) is 47.2 Å². The first-order chi connectivity index (χ1) is 12.1. The van der Waals surface area contributed by atoms with Gasteiger partial charge in [0.1, 0.15) is 5.56 Å². The highest BCUT2D eigenvalue weighted by Gasteiger charge is 2.32. The van der Waals surface area contributed by atoms with Gasteiger partial charge in [-0.15, -0.1) is 0 Å². The molecule has 1 atom stereocenters. The molecule has 0 aromatic carbocycles. The molecule has 2 aromatic rings. The summed E-state index contributed by atoms with van der Waals surface area (Å²) >= 11 is 0. The number of Topliss-reactive ketones (excluding diaryl/α,β-unsaturated/α-hetero) is 1. The van der Waals surface area contributed by atoms with Gasteiger partial charge in [-0.25, -0.2) is 9.97 Å². The van der Waals surface area contributed by atoms with Crippen LogP contribution in [0.3, 0.4) is 0 Å². The second kappa shape index (κ2) is 7.46. The highest BCUT2D eigenvalue weighted by atomic mass is 16.5. The van der Waals surface area contributed by atoms with Gasteiger partial charge >= 0.3 is 0 Å². The SMILES string of the molecule is CCOc1ncccc1C(=O)N1CCCC(C(=O)c2nccn2C)C1. The number of carbonyl (C=O) groups excluding carboxylic acids is 2. The van der Waals surface area contributed by atoms with Crippen molar-refractivity contribution in [1.82, 2.24) is 19.4 Å². The van der Waals surface area contributed by atoms with Crippen LogP contribution in [0.1, 0.15) is 40.7 Å². The minimum Gasteiger partial charge on any atom is -0.477 e. The first kappa shape index (κ1) is 17.1. The number of hydrogen-bond acceptors (Lipinski definition) is 5. The first-order valence-electron chi connectivity index (χ1n) is 8.50. The second-order valence-electron chi connectivity index (χ2n) is 6.11. The summed E-state index contributed by atoms with van der Waals surface area (Å²) in [4.78, 5) is 35.6. The third-order valence-corrected chi connectivity index (χ3v) is 4.40. The first-order valence-corrected chi connectivity index (χ1v) is 8.50. The summed E-state index contributed by atoms with van der Waals surface area (Å²) in [7, 11) is 1.80. The number of imidazole rings is 1. The Morgan fingerprint density at radius 3 is 2.88 bits per heavy atom. The molecule has 0 radical (unpaired) electrons. The number of pyridine rings is 1. The number of aromatic nitrogens is 3. The van der Waals surface area contributed by atoms with Gasteiger partial charge in [-0.1, -0.05) is 0 Å². The topological polar surface area (TPSA) is 77.3 Å². The molecule has 0 aliphatic carbocycles. The summed E-state index contributed by atoms with van der Waals surface area (Å²) < 4.78 is 7.18. The van der Waals surface area contributed by atoms with Gasteiger partial charge in [0, 0.05) is 44.6 Å². The lowest BCUT2D eigenvalue weighted by Gasteiger charge is -2.32. The number of amides is 1. The molecule has 0 spiro atoms. The molecule has 3 heterocycles. The van der Waals surface area contributed by atoms with Crippen molar-refractivity contribution in [2.45, 2.75) is 19.8 Å². The van der Waals surface area contributed by atoms with Crippen molar-refractivity contribution in [2.24, 2.45) is 13.0 Å². The third-order valence-electron chi connectivity index (χ3n) is 4.40. The second-order valence-corrected chi connectivity index (χ2v) is 6.11. The Hall–Kier alpha value is -2.70. The fourth-order valence-corrected chi connectivity index (χ4v) is 3.14. The molecule has 132 valence electrons. The number of aryl methyl sites for hydroxylation is 1. The summed E-state index contributed by atoms with van der Waals surface area (Å²) in [6, 6.07) is 3.43. The summed E-state index contributed by atoms with van der Waals surface area (Å²) in [6.07, 6.45) is 6.52. The zero-order valence-electron chi connectivity index (χ0n) is 14.5. The number of hydrogen-bond donors (Lipinski definition) is 0. The van der Waals surface area contributed by atoms with Crippen molar-refractivity contribution in [1.29, 1.82) is 0 Å². The predicted octanol–water partition coefficient (Wildman–Crippen LogP) is 1.95. The number of likely N-dealkylation sites (tertiary alicyclic amines) is 1. The van der Waals surface area contributed by atoms with Gasteiger partial charge in [-0.2, -0.15) is 0 Å². The summed E-state index contributed by atoms with van der Waals surface area (Å²) in [5, 5.41) is 0. The lowest BCUT2D eigenvalue weighted by atomic mass is 9.93. The van der Waals surface area contributed by atoms with Gasteiger partial charge in [0.15, 0.2) is 5.82 Å². The quantitative estimate of drug-likeness (QED) is 0.776. The van der Waals surface area contributed by atoms with E-state index in [9.17, 15) is 9.59 Å². The standard InChI is InChI=1S/C18H22N4O3/c1-3-25-17-14(7-4-8-20-17)18(24)22-10-5-6-13(12-22)15(23)16-19-9-11-21(16)2/h4,7-9,11,13H,3,5-6,10,12H2,1-2H3. The average molecular weight is 342 g/mol. The molecule has 7 heteroatoms. The van der Waals surface area contributed by atoms with Gasteiger partial charge < -0.3 is 14.2 Å². The van der Waals surface area contributed by atoms with Crippen LogP contribution in [0.2, 0.25) is 0 Å². The van der Waals surface area contributed by atoms with Crippen molar-refractivity contribution in [3.63, 3.8) is 0 Å². The molecule has 7 nitrogen and oxygen atoms in total. The largest absolute Gasteiger partial charge is 0.477 e. The molecule has 1 unspecified atom stereocenters. The molecular formula is C18H22N4O3.